The maximum Gasteiger partial charge on any atom is 0.321 e. The van der Waals surface area contributed by atoms with Gasteiger partial charge in [-0.1, -0.05) is 12.1 Å². The first-order chi connectivity index (χ1) is 9.56. The Morgan fingerprint density at radius 3 is 2.35 bits per heavy atom. The normalized spacial score (nSPS) is 10.1. The zero-order chi connectivity index (χ0) is 15.0. The zero-order valence-corrected chi connectivity index (χ0v) is 11.0. The van der Waals surface area contributed by atoms with Crippen LogP contribution in [0.1, 0.15) is 5.56 Å². The highest BCUT2D eigenvalue weighted by atomic mass is 16.4. The molecular weight excluding hydrogens is 264 g/mol. The summed E-state index contributed by atoms with van der Waals surface area (Å²) in [5, 5.41) is 29.0. The number of benzene rings is 1. The van der Waals surface area contributed by atoms with Crippen LogP contribution in [0.3, 0.4) is 0 Å². The predicted molar refractivity (Wildman–Crippen MR) is 72.5 cm³/mol. The molecular formula is C13H18N2O5. The van der Waals surface area contributed by atoms with E-state index in [1.807, 2.05) is 0 Å². The molecule has 4 N–H and O–H groups in total. The highest BCUT2D eigenvalue weighted by molar-refractivity contribution is 5.89. The predicted octanol–water partition coefficient (Wildman–Crippen LogP) is 0.132. The average molecular weight is 282 g/mol. The van der Waals surface area contributed by atoms with Crippen molar-refractivity contribution in [1.29, 1.82) is 0 Å². The maximum absolute atomic E-state index is 11.9. The van der Waals surface area contributed by atoms with Crippen LogP contribution in [0.15, 0.2) is 24.3 Å². The summed E-state index contributed by atoms with van der Waals surface area (Å²) in [6, 6.07) is 6.06. The first kappa shape index (κ1) is 15.9. The number of carboxylic acid groups (broad SMARTS) is 1. The van der Waals surface area contributed by atoms with Gasteiger partial charge in [-0.15, -0.1) is 0 Å². The Bertz CT molecular complexity index is 458. The van der Waals surface area contributed by atoms with E-state index in [1.165, 1.54) is 4.90 Å². The molecule has 20 heavy (non-hydrogen) atoms. The quantitative estimate of drug-likeness (QED) is 0.568. The largest absolute Gasteiger partial charge is 0.481 e. The second kappa shape index (κ2) is 8.13. The number of aliphatic carboxylic acids is 1. The standard InChI is InChI=1S/C13H18N2O5/c16-6-4-15(5-7-17)13(20)14-11-3-1-2-10(8-11)9-12(18)19/h1-3,8,16-17H,4-7,9H2,(H,14,20)(H,18,19). The summed E-state index contributed by atoms with van der Waals surface area (Å²) in [4.78, 5) is 23.8. The van der Waals surface area contributed by atoms with E-state index in [2.05, 4.69) is 5.32 Å². The lowest BCUT2D eigenvalue weighted by atomic mass is 10.1. The fraction of sp³-hybridized carbons (Fsp3) is 0.385. The number of carbonyl (C=O) groups excluding carboxylic acids is 1. The molecule has 0 atom stereocenters. The minimum atomic E-state index is -0.948. The number of rotatable bonds is 7. The summed E-state index contributed by atoms with van der Waals surface area (Å²) in [6.45, 7) is -0.179. The van der Waals surface area contributed by atoms with Crippen LogP contribution in [0.4, 0.5) is 10.5 Å². The number of amides is 2. The van der Waals surface area contributed by atoms with Gasteiger partial charge in [0.2, 0.25) is 0 Å². The number of carbonyl (C=O) groups is 2. The van der Waals surface area contributed by atoms with E-state index in [0.29, 0.717) is 11.3 Å². The molecule has 0 saturated carbocycles. The summed E-state index contributed by atoms with van der Waals surface area (Å²) >= 11 is 0. The molecule has 0 aromatic heterocycles. The lowest BCUT2D eigenvalue weighted by Gasteiger charge is -2.21. The molecule has 7 heteroatoms. The average Bonchev–Trinajstić information content (AvgIpc) is 2.38. The van der Waals surface area contributed by atoms with Crippen LogP contribution >= 0.6 is 0 Å². The monoisotopic (exact) mass is 282 g/mol. The van der Waals surface area contributed by atoms with Crippen molar-refractivity contribution in [3.63, 3.8) is 0 Å². The molecule has 0 radical (unpaired) electrons. The van der Waals surface area contributed by atoms with E-state index >= 15 is 0 Å². The Balaban J connectivity index is 2.70. The van der Waals surface area contributed by atoms with Gasteiger partial charge in [0.1, 0.15) is 0 Å². The first-order valence-corrected chi connectivity index (χ1v) is 6.15. The van der Waals surface area contributed by atoms with E-state index in [9.17, 15) is 9.59 Å². The summed E-state index contributed by atoms with van der Waals surface area (Å²) in [7, 11) is 0. The molecule has 0 aliphatic heterocycles. The van der Waals surface area contributed by atoms with Gasteiger partial charge in [0.25, 0.3) is 0 Å². The second-order valence-electron chi connectivity index (χ2n) is 4.14. The number of nitrogens with one attached hydrogen (secondary N) is 1. The third-order valence-electron chi connectivity index (χ3n) is 2.56. The van der Waals surface area contributed by atoms with Crippen LogP contribution in [-0.4, -0.2) is 58.5 Å². The maximum atomic E-state index is 11.9. The molecule has 0 spiro atoms. The third-order valence-corrected chi connectivity index (χ3v) is 2.56. The molecule has 1 aromatic carbocycles. The minimum absolute atomic E-state index is 0.112. The Hall–Kier alpha value is -2.12. The van der Waals surface area contributed by atoms with Crippen molar-refractivity contribution in [2.75, 3.05) is 31.6 Å². The molecule has 2 amide bonds. The molecule has 7 nitrogen and oxygen atoms in total. The fourth-order valence-electron chi connectivity index (χ4n) is 1.69. The van der Waals surface area contributed by atoms with Crippen LogP contribution in [0.2, 0.25) is 0 Å². The van der Waals surface area contributed by atoms with Crippen LogP contribution in [0.25, 0.3) is 0 Å². The van der Waals surface area contributed by atoms with E-state index in [4.69, 9.17) is 15.3 Å². The molecule has 0 aliphatic rings. The van der Waals surface area contributed by atoms with Crippen LogP contribution in [-0.2, 0) is 11.2 Å². The van der Waals surface area contributed by atoms with Crippen LogP contribution in [0, 0.1) is 0 Å². The number of aliphatic hydroxyl groups is 2. The van der Waals surface area contributed by atoms with Gasteiger partial charge >= 0.3 is 12.0 Å². The van der Waals surface area contributed by atoms with E-state index in [1.54, 1.807) is 24.3 Å². The van der Waals surface area contributed by atoms with Gasteiger partial charge in [0.15, 0.2) is 0 Å². The van der Waals surface area contributed by atoms with Crippen molar-refractivity contribution in [2.45, 2.75) is 6.42 Å². The Kier molecular flexibility index (Phi) is 6.48. The number of aliphatic hydroxyl groups excluding tert-OH is 2. The number of hydrogen-bond donors (Lipinski definition) is 4. The van der Waals surface area contributed by atoms with Crippen molar-refractivity contribution < 1.29 is 24.9 Å². The second-order valence-corrected chi connectivity index (χ2v) is 4.14. The van der Waals surface area contributed by atoms with Crippen molar-refractivity contribution in [1.82, 2.24) is 4.90 Å². The van der Waals surface area contributed by atoms with Crippen molar-refractivity contribution in [3.05, 3.63) is 29.8 Å². The molecule has 0 saturated heterocycles. The highest BCUT2D eigenvalue weighted by Gasteiger charge is 2.12. The lowest BCUT2D eigenvalue weighted by molar-refractivity contribution is -0.136. The zero-order valence-electron chi connectivity index (χ0n) is 11.0. The number of hydrogen-bond acceptors (Lipinski definition) is 4. The summed E-state index contributed by atoms with van der Waals surface area (Å²) in [5.74, 6) is -0.948. The molecule has 0 fully saturated rings. The summed E-state index contributed by atoms with van der Waals surface area (Å²) < 4.78 is 0. The summed E-state index contributed by atoms with van der Waals surface area (Å²) in [5.41, 5.74) is 1.04. The molecule has 0 heterocycles. The number of carboxylic acids is 1. The van der Waals surface area contributed by atoms with Crippen molar-refractivity contribution in [2.24, 2.45) is 0 Å². The lowest BCUT2D eigenvalue weighted by Crippen LogP contribution is -2.38. The first-order valence-electron chi connectivity index (χ1n) is 6.15. The number of anilines is 1. The summed E-state index contributed by atoms with van der Waals surface area (Å²) in [6.07, 6.45) is -0.124. The van der Waals surface area contributed by atoms with Gasteiger partial charge in [-0.25, -0.2) is 4.79 Å². The van der Waals surface area contributed by atoms with Gasteiger partial charge in [-0.3, -0.25) is 4.79 Å². The van der Waals surface area contributed by atoms with Crippen LogP contribution in [0.5, 0.6) is 0 Å². The van der Waals surface area contributed by atoms with Gasteiger partial charge in [0.05, 0.1) is 19.6 Å². The van der Waals surface area contributed by atoms with Gasteiger partial charge in [-0.2, -0.15) is 0 Å². The number of urea groups is 1. The van der Waals surface area contributed by atoms with Gasteiger partial charge < -0.3 is 25.5 Å². The van der Waals surface area contributed by atoms with E-state index in [0.717, 1.165) is 0 Å². The SMILES string of the molecule is O=C(O)Cc1cccc(NC(=O)N(CCO)CCO)c1. The molecule has 110 valence electrons. The molecule has 1 aromatic rings. The van der Waals surface area contributed by atoms with Crippen LogP contribution < -0.4 is 5.32 Å². The smallest absolute Gasteiger partial charge is 0.321 e. The number of nitrogens with zero attached hydrogens (tertiary/aromatic N) is 1. The minimum Gasteiger partial charge on any atom is -0.481 e. The Morgan fingerprint density at radius 2 is 1.80 bits per heavy atom. The Morgan fingerprint density at radius 1 is 1.15 bits per heavy atom. The Labute approximate surface area is 116 Å². The molecule has 0 unspecified atom stereocenters. The van der Waals surface area contributed by atoms with Crippen molar-refractivity contribution >= 4 is 17.7 Å². The van der Waals surface area contributed by atoms with E-state index < -0.39 is 12.0 Å². The molecule has 1 rings (SSSR count). The van der Waals surface area contributed by atoms with E-state index in [-0.39, 0.29) is 32.7 Å². The molecule has 0 bridgehead atoms. The highest BCUT2D eigenvalue weighted by Crippen LogP contribution is 2.12. The molecule has 0 aliphatic carbocycles. The third kappa shape index (κ3) is 5.25. The van der Waals surface area contributed by atoms with Crippen molar-refractivity contribution in [3.8, 4) is 0 Å². The fourth-order valence-corrected chi connectivity index (χ4v) is 1.69. The van der Waals surface area contributed by atoms with Gasteiger partial charge in [-0.05, 0) is 17.7 Å². The van der Waals surface area contributed by atoms with Gasteiger partial charge in [0, 0.05) is 18.8 Å². The topological polar surface area (TPSA) is 110 Å².